The SMILES string of the molecule is [Cl][Zr][Cl].c1ccc2nc3ccccc3cc2c1. The quantitative estimate of drug-likeness (QED) is 0.537. The minimum atomic E-state index is -0.826. The molecule has 1 aromatic heterocycles. The third-order valence-electron chi connectivity index (χ3n) is 2.43. The van der Waals surface area contributed by atoms with E-state index < -0.39 is 20.8 Å². The van der Waals surface area contributed by atoms with Crippen molar-refractivity contribution in [1.82, 2.24) is 4.98 Å². The maximum absolute atomic E-state index is 4.93. The normalized spacial score (nSPS) is 9.76. The van der Waals surface area contributed by atoms with Crippen molar-refractivity contribution >= 4 is 38.8 Å². The van der Waals surface area contributed by atoms with Gasteiger partial charge < -0.3 is 0 Å². The molecule has 1 nitrogen and oxygen atoms in total. The van der Waals surface area contributed by atoms with E-state index in [-0.39, 0.29) is 0 Å². The van der Waals surface area contributed by atoms with Gasteiger partial charge in [0.2, 0.25) is 0 Å². The van der Waals surface area contributed by atoms with Crippen LogP contribution < -0.4 is 0 Å². The van der Waals surface area contributed by atoms with Crippen molar-refractivity contribution in [3.63, 3.8) is 0 Å². The Kier molecular flexibility index (Phi) is 4.97. The van der Waals surface area contributed by atoms with E-state index in [2.05, 4.69) is 23.2 Å². The van der Waals surface area contributed by atoms with Crippen LogP contribution in [0.2, 0.25) is 0 Å². The van der Waals surface area contributed by atoms with Gasteiger partial charge in [-0.2, -0.15) is 0 Å². The van der Waals surface area contributed by atoms with Gasteiger partial charge in [-0.15, -0.1) is 0 Å². The number of halogens is 2. The summed E-state index contributed by atoms with van der Waals surface area (Å²) in [7, 11) is 9.87. The number of hydrogen-bond acceptors (Lipinski definition) is 1. The van der Waals surface area contributed by atoms with Crippen molar-refractivity contribution in [2.45, 2.75) is 0 Å². The predicted octanol–water partition coefficient (Wildman–Crippen LogP) is 4.76. The molecule has 3 rings (SSSR count). The van der Waals surface area contributed by atoms with E-state index in [1.165, 1.54) is 10.8 Å². The number of fused-ring (bicyclic) bond motifs is 2. The standard InChI is InChI=1S/C13H9N.2ClH.Zr/c1-3-7-12-10(5-1)9-11-6-2-4-8-13(11)14-12;;;/h1-9H;2*1H;/q;;;+2/p-2. The molecule has 0 saturated carbocycles. The summed E-state index contributed by atoms with van der Waals surface area (Å²) in [5.41, 5.74) is 2.12. The number of hydrogen-bond donors (Lipinski definition) is 0. The van der Waals surface area contributed by atoms with E-state index in [1.54, 1.807) is 0 Å². The van der Waals surface area contributed by atoms with E-state index >= 15 is 0 Å². The first-order valence-electron chi connectivity index (χ1n) is 5.06. The fourth-order valence-corrected chi connectivity index (χ4v) is 1.72. The Morgan fingerprint density at radius 2 is 1.18 bits per heavy atom. The number of para-hydroxylation sites is 2. The van der Waals surface area contributed by atoms with Gasteiger partial charge in [-0.05, 0) is 18.2 Å². The maximum atomic E-state index is 4.93. The fourth-order valence-electron chi connectivity index (χ4n) is 1.72. The topological polar surface area (TPSA) is 12.9 Å². The zero-order valence-electron chi connectivity index (χ0n) is 8.90. The molecule has 17 heavy (non-hydrogen) atoms. The molecule has 0 aliphatic rings. The average molecular weight is 341 g/mol. The minimum absolute atomic E-state index is 0.826. The average Bonchev–Trinajstić information content (AvgIpc) is 2.37. The van der Waals surface area contributed by atoms with Crippen molar-refractivity contribution < 1.29 is 20.8 Å². The Hall–Kier alpha value is -0.427. The molecule has 2 aromatic carbocycles. The van der Waals surface area contributed by atoms with Gasteiger partial charge in [0.25, 0.3) is 0 Å². The van der Waals surface area contributed by atoms with E-state index in [0.717, 1.165) is 11.0 Å². The number of benzene rings is 2. The van der Waals surface area contributed by atoms with E-state index in [0.29, 0.717) is 0 Å². The fraction of sp³-hybridized carbons (Fsp3) is 0. The van der Waals surface area contributed by atoms with E-state index in [1.807, 2.05) is 36.4 Å². The van der Waals surface area contributed by atoms with Gasteiger partial charge in [0.1, 0.15) is 0 Å². The molecule has 0 bridgehead atoms. The monoisotopic (exact) mass is 339 g/mol. The van der Waals surface area contributed by atoms with Crippen LogP contribution >= 0.6 is 17.0 Å². The van der Waals surface area contributed by atoms with Crippen molar-refractivity contribution in [3.05, 3.63) is 54.6 Å². The Bertz CT molecular complexity index is 523. The van der Waals surface area contributed by atoms with Gasteiger partial charge in [-0.25, -0.2) is 4.98 Å². The Morgan fingerprint density at radius 3 is 1.65 bits per heavy atom. The molecule has 0 aliphatic heterocycles. The van der Waals surface area contributed by atoms with Crippen LogP contribution in [0.5, 0.6) is 0 Å². The smallest absolute Gasteiger partial charge is 0.0709 e. The Morgan fingerprint density at radius 1 is 0.765 bits per heavy atom. The zero-order chi connectivity index (χ0) is 12.1. The second-order valence-electron chi connectivity index (χ2n) is 3.45. The van der Waals surface area contributed by atoms with Crippen molar-refractivity contribution in [3.8, 4) is 0 Å². The third-order valence-corrected chi connectivity index (χ3v) is 2.43. The van der Waals surface area contributed by atoms with Crippen molar-refractivity contribution in [2.75, 3.05) is 0 Å². The molecule has 1 heterocycles. The second kappa shape index (κ2) is 6.49. The van der Waals surface area contributed by atoms with Gasteiger partial charge in [-0.1, -0.05) is 36.4 Å². The van der Waals surface area contributed by atoms with Crippen LogP contribution in [0.4, 0.5) is 0 Å². The van der Waals surface area contributed by atoms with E-state index in [9.17, 15) is 0 Å². The number of nitrogens with zero attached hydrogens (tertiary/aromatic N) is 1. The van der Waals surface area contributed by atoms with E-state index in [4.69, 9.17) is 17.0 Å². The molecule has 0 aliphatic carbocycles. The first-order chi connectivity index (χ1) is 8.35. The third kappa shape index (κ3) is 3.28. The molecule has 0 amide bonds. The largest absolute Gasteiger partial charge is 0.248 e. The molecule has 0 atom stereocenters. The van der Waals surface area contributed by atoms with Crippen LogP contribution in [-0.2, 0) is 20.8 Å². The van der Waals surface area contributed by atoms with Gasteiger partial charge in [0.15, 0.2) is 0 Å². The van der Waals surface area contributed by atoms with Crippen molar-refractivity contribution in [2.24, 2.45) is 0 Å². The molecule has 0 spiro atoms. The van der Waals surface area contributed by atoms with Crippen LogP contribution in [0.15, 0.2) is 54.6 Å². The molecule has 0 fully saturated rings. The van der Waals surface area contributed by atoms with Crippen LogP contribution in [0, 0.1) is 0 Å². The van der Waals surface area contributed by atoms with Gasteiger partial charge in [0.05, 0.1) is 11.0 Å². The van der Waals surface area contributed by atoms with Gasteiger partial charge in [-0.3, -0.25) is 0 Å². The minimum Gasteiger partial charge on any atom is -0.248 e. The molecular weight excluding hydrogens is 332 g/mol. The maximum Gasteiger partial charge on any atom is 0.0709 e. The summed E-state index contributed by atoms with van der Waals surface area (Å²) in [6, 6.07) is 18.6. The molecule has 84 valence electrons. The van der Waals surface area contributed by atoms with Crippen LogP contribution in [-0.4, -0.2) is 4.98 Å². The molecule has 0 N–H and O–H groups in total. The van der Waals surface area contributed by atoms with Crippen LogP contribution in [0.25, 0.3) is 21.8 Å². The van der Waals surface area contributed by atoms with Crippen molar-refractivity contribution in [1.29, 1.82) is 0 Å². The predicted molar refractivity (Wildman–Crippen MR) is 71.0 cm³/mol. The molecule has 3 aromatic rings. The van der Waals surface area contributed by atoms with Gasteiger partial charge >= 0.3 is 37.9 Å². The first-order valence-corrected chi connectivity index (χ1v) is 11.4. The summed E-state index contributed by atoms with van der Waals surface area (Å²) in [6.07, 6.45) is 0. The zero-order valence-corrected chi connectivity index (χ0v) is 12.9. The number of aromatic nitrogens is 1. The molecular formula is C13H9Cl2NZr. The number of pyridine rings is 1. The number of rotatable bonds is 0. The molecule has 0 saturated heterocycles. The molecule has 0 unspecified atom stereocenters. The summed E-state index contributed by atoms with van der Waals surface area (Å²) >= 11 is -0.826. The van der Waals surface area contributed by atoms with Crippen LogP contribution in [0.3, 0.4) is 0 Å². The van der Waals surface area contributed by atoms with Crippen LogP contribution in [0.1, 0.15) is 0 Å². The summed E-state index contributed by atoms with van der Waals surface area (Å²) < 4.78 is 0. The molecule has 4 heteroatoms. The Labute approximate surface area is 118 Å². The van der Waals surface area contributed by atoms with Gasteiger partial charge in [0, 0.05) is 10.8 Å². The summed E-state index contributed by atoms with van der Waals surface area (Å²) in [6.45, 7) is 0. The molecule has 0 radical (unpaired) electrons. The second-order valence-corrected chi connectivity index (χ2v) is 7.18. The Balaban J connectivity index is 0.000000329. The first kappa shape index (κ1) is 13.0. The summed E-state index contributed by atoms with van der Waals surface area (Å²) in [5, 5.41) is 2.40. The summed E-state index contributed by atoms with van der Waals surface area (Å²) in [4.78, 5) is 4.58. The summed E-state index contributed by atoms with van der Waals surface area (Å²) in [5.74, 6) is 0.